The highest BCUT2D eigenvalue weighted by Crippen LogP contribution is 2.25. The maximum atomic E-state index is 13.3. The summed E-state index contributed by atoms with van der Waals surface area (Å²) in [5, 5.41) is 2.78. The predicted octanol–water partition coefficient (Wildman–Crippen LogP) is 3.17. The van der Waals surface area contributed by atoms with E-state index in [-0.39, 0.29) is 41.5 Å². The predicted molar refractivity (Wildman–Crippen MR) is 128 cm³/mol. The van der Waals surface area contributed by atoms with Gasteiger partial charge in [-0.3, -0.25) is 14.2 Å². The van der Waals surface area contributed by atoms with Gasteiger partial charge in [-0.15, -0.1) is 0 Å². The van der Waals surface area contributed by atoms with Crippen LogP contribution in [0.25, 0.3) is 11.3 Å². The lowest BCUT2D eigenvalue weighted by molar-refractivity contribution is -0.121. The van der Waals surface area contributed by atoms with Crippen LogP contribution in [0.1, 0.15) is 29.9 Å². The molecule has 0 radical (unpaired) electrons. The number of nitrogens with one attached hydrogen (secondary N) is 2. The summed E-state index contributed by atoms with van der Waals surface area (Å²) < 4.78 is 41.3. The maximum absolute atomic E-state index is 13.3. The molecule has 0 unspecified atom stereocenters. The van der Waals surface area contributed by atoms with Gasteiger partial charge in [0.15, 0.2) is 0 Å². The van der Waals surface area contributed by atoms with Crippen molar-refractivity contribution in [1.29, 1.82) is 0 Å². The maximum Gasteiger partial charge on any atom is 0.308 e. The summed E-state index contributed by atoms with van der Waals surface area (Å²) in [7, 11) is -3.41. The lowest BCUT2D eigenvalue weighted by Gasteiger charge is -2.11. The van der Waals surface area contributed by atoms with E-state index in [2.05, 4.69) is 10.0 Å². The van der Waals surface area contributed by atoms with Crippen molar-refractivity contribution in [3.05, 3.63) is 80.0 Å². The topological polar surface area (TPSA) is 97.3 Å². The molecule has 176 valence electrons. The van der Waals surface area contributed by atoms with Gasteiger partial charge < -0.3 is 5.32 Å². The molecule has 3 aromatic rings. The van der Waals surface area contributed by atoms with E-state index >= 15 is 0 Å². The summed E-state index contributed by atoms with van der Waals surface area (Å²) in [6, 6.07) is 12.5. The number of hydrogen-bond acceptors (Lipinski definition) is 5. The summed E-state index contributed by atoms with van der Waals surface area (Å²) in [4.78, 5) is 25.4. The Kier molecular flexibility index (Phi) is 7.83. The van der Waals surface area contributed by atoms with Gasteiger partial charge in [0.1, 0.15) is 12.4 Å². The first-order valence-corrected chi connectivity index (χ1v) is 12.8. The van der Waals surface area contributed by atoms with E-state index < -0.39 is 10.0 Å². The smallest absolute Gasteiger partial charge is 0.308 e. The lowest BCUT2D eigenvalue weighted by Crippen LogP contribution is -2.31. The van der Waals surface area contributed by atoms with Crippen LogP contribution in [-0.2, 0) is 33.7 Å². The Morgan fingerprint density at radius 1 is 1.06 bits per heavy atom. The molecule has 0 aliphatic carbocycles. The number of hydrogen-bond donors (Lipinski definition) is 2. The van der Waals surface area contributed by atoms with Crippen molar-refractivity contribution in [3.8, 4) is 11.3 Å². The van der Waals surface area contributed by atoms with Gasteiger partial charge in [0.2, 0.25) is 15.9 Å². The average molecular weight is 492 g/mol. The van der Waals surface area contributed by atoms with Crippen molar-refractivity contribution in [3.63, 3.8) is 0 Å². The Balaban J connectivity index is 1.63. The van der Waals surface area contributed by atoms with Gasteiger partial charge in [0, 0.05) is 17.5 Å². The third-order valence-electron chi connectivity index (χ3n) is 4.77. The fourth-order valence-corrected chi connectivity index (χ4v) is 5.69. The van der Waals surface area contributed by atoms with Crippen LogP contribution in [0.4, 0.5) is 4.39 Å². The molecule has 0 spiro atoms. The highest BCUT2D eigenvalue weighted by molar-refractivity contribution is 7.88. The molecule has 0 saturated heterocycles. The second-order valence-corrected chi connectivity index (χ2v) is 10.9. The molecule has 1 amide bonds. The summed E-state index contributed by atoms with van der Waals surface area (Å²) >= 11 is 1.04. The number of aromatic nitrogens is 1. The molecular weight excluding hydrogens is 465 g/mol. The van der Waals surface area contributed by atoms with Crippen molar-refractivity contribution in [2.24, 2.45) is 0 Å². The zero-order valence-corrected chi connectivity index (χ0v) is 20.2. The van der Waals surface area contributed by atoms with Crippen LogP contribution in [-0.4, -0.2) is 24.9 Å². The number of halogens is 1. The van der Waals surface area contributed by atoms with Gasteiger partial charge in [-0.25, -0.2) is 17.5 Å². The summed E-state index contributed by atoms with van der Waals surface area (Å²) in [5.74, 6) is -0.839. The first-order valence-electron chi connectivity index (χ1n) is 10.3. The highest BCUT2D eigenvalue weighted by atomic mass is 32.2. The molecule has 2 N–H and O–H groups in total. The van der Waals surface area contributed by atoms with Crippen molar-refractivity contribution in [2.75, 3.05) is 0 Å². The molecule has 3 rings (SSSR count). The van der Waals surface area contributed by atoms with Crippen LogP contribution in [0, 0.1) is 12.7 Å². The second kappa shape index (κ2) is 10.4. The minimum Gasteiger partial charge on any atom is -0.350 e. The summed E-state index contributed by atoms with van der Waals surface area (Å²) in [6.07, 6.45) is 0. The third-order valence-corrected chi connectivity index (χ3v) is 7.21. The molecule has 10 heteroatoms. The van der Waals surface area contributed by atoms with Crippen LogP contribution in [0.5, 0.6) is 0 Å². The van der Waals surface area contributed by atoms with Crippen LogP contribution >= 0.6 is 11.3 Å². The molecule has 7 nitrogen and oxygen atoms in total. The number of aryl methyl sites for hydroxylation is 1. The minimum atomic E-state index is -3.41. The number of rotatable bonds is 9. The Labute approximate surface area is 196 Å². The molecule has 1 aromatic heterocycles. The Morgan fingerprint density at radius 2 is 1.67 bits per heavy atom. The van der Waals surface area contributed by atoms with Gasteiger partial charge in [0.05, 0.1) is 11.4 Å². The Bertz CT molecular complexity index is 1280. The molecule has 0 aliphatic rings. The van der Waals surface area contributed by atoms with E-state index in [0.717, 1.165) is 21.8 Å². The van der Waals surface area contributed by atoms with Crippen LogP contribution in [0.3, 0.4) is 0 Å². The average Bonchev–Trinajstić information content (AvgIpc) is 3.00. The first-order chi connectivity index (χ1) is 15.5. The van der Waals surface area contributed by atoms with Gasteiger partial charge in [0.25, 0.3) is 0 Å². The summed E-state index contributed by atoms with van der Waals surface area (Å²) in [5.41, 5.74) is 2.70. The first kappa shape index (κ1) is 24.8. The number of benzene rings is 2. The minimum absolute atomic E-state index is 0.121. The fraction of sp³-hybridized carbons (Fsp3) is 0.304. The standard InChI is InChI=1S/C23H26FN3O4S2/c1-15(2)26-33(30,31)14-18-6-4-17(5-7-18)12-25-21(28)13-27-22(16(3)32-23(27)29)19-8-10-20(24)11-9-19/h4-11,15,26H,12-14H2,1-3H3,(H,25,28). The van der Waals surface area contributed by atoms with E-state index in [4.69, 9.17) is 0 Å². The van der Waals surface area contributed by atoms with E-state index in [9.17, 15) is 22.4 Å². The van der Waals surface area contributed by atoms with Gasteiger partial charge in [-0.2, -0.15) is 0 Å². The molecule has 0 fully saturated rings. The Morgan fingerprint density at radius 3 is 2.27 bits per heavy atom. The van der Waals surface area contributed by atoms with Gasteiger partial charge in [-0.05, 0) is 61.7 Å². The Hall–Kier alpha value is -2.82. The van der Waals surface area contributed by atoms with Crippen molar-refractivity contribution < 1.29 is 17.6 Å². The molecule has 1 heterocycles. The van der Waals surface area contributed by atoms with Crippen molar-refractivity contribution >= 4 is 27.3 Å². The lowest BCUT2D eigenvalue weighted by atomic mass is 10.1. The quantitative estimate of drug-likeness (QED) is 0.481. The van der Waals surface area contributed by atoms with Crippen LogP contribution in [0.2, 0.25) is 0 Å². The van der Waals surface area contributed by atoms with E-state index in [1.807, 2.05) is 0 Å². The van der Waals surface area contributed by atoms with Crippen molar-refractivity contribution in [1.82, 2.24) is 14.6 Å². The monoisotopic (exact) mass is 491 g/mol. The third kappa shape index (κ3) is 6.83. The largest absolute Gasteiger partial charge is 0.350 e. The van der Waals surface area contributed by atoms with E-state index in [0.29, 0.717) is 16.8 Å². The zero-order valence-electron chi connectivity index (χ0n) is 18.6. The molecule has 0 atom stereocenters. The van der Waals surface area contributed by atoms with E-state index in [1.165, 1.54) is 16.7 Å². The van der Waals surface area contributed by atoms with Crippen LogP contribution < -0.4 is 14.9 Å². The summed E-state index contributed by atoms with van der Waals surface area (Å²) in [6.45, 7) is 5.39. The normalized spacial score (nSPS) is 11.7. The molecule has 0 saturated carbocycles. The molecule has 0 aliphatic heterocycles. The van der Waals surface area contributed by atoms with Crippen LogP contribution in [0.15, 0.2) is 53.3 Å². The number of carbonyl (C=O) groups is 1. The van der Waals surface area contributed by atoms with Gasteiger partial charge in [-0.1, -0.05) is 35.6 Å². The van der Waals surface area contributed by atoms with E-state index in [1.54, 1.807) is 57.2 Å². The number of amides is 1. The molecule has 0 bridgehead atoms. The molecular formula is C23H26FN3O4S2. The van der Waals surface area contributed by atoms with Crippen molar-refractivity contribution in [2.45, 2.75) is 45.7 Å². The number of nitrogens with zero attached hydrogens (tertiary/aromatic N) is 1. The SMILES string of the molecule is Cc1sc(=O)n(CC(=O)NCc2ccc(CS(=O)(=O)NC(C)C)cc2)c1-c1ccc(F)cc1. The van der Waals surface area contributed by atoms with Gasteiger partial charge >= 0.3 is 4.87 Å². The molecule has 33 heavy (non-hydrogen) atoms. The second-order valence-electron chi connectivity index (χ2n) is 7.99. The number of thiazole rings is 1. The zero-order chi connectivity index (χ0) is 24.2. The highest BCUT2D eigenvalue weighted by Gasteiger charge is 2.17. The number of sulfonamides is 1. The number of carbonyl (C=O) groups excluding carboxylic acids is 1. The molecule has 2 aromatic carbocycles. The fourth-order valence-electron chi connectivity index (χ4n) is 3.40.